The first-order valence-electron chi connectivity index (χ1n) is 7.56. The lowest BCUT2D eigenvalue weighted by Gasteiger charge is -2.28. The highest BCUT2D eigenvalue weighted by Crippen LogP contribution is 2.24. The second-order valence-corrected chi connectivity index (χ2v) is 6.39. The van der Waals surface area contributed by atoms with Gasteiger partial charge in [-0.1, -0.05) is 0 Å². The van der Waals surface area contributed by atoms with E-state index in [1.807, 2.05) is 4.57 Å². The number of carbonyl (C=O) groups is 1. The van der Waals surface area contributed by atoms with Crippen LogP contribution >= 0.6 is 15.9 Å². The standard InChI is InChI=1S/C16H12BrFN6O/c17-12-7-10(18)1-2-11(12)16(25)23-5-6-24-14(9-23)21-22-15(24)13-8-19-3-4-20-13/h1-4,7-8H,5-6,9H2. The number of hydrogen-bond acceptors (Lipinski definition) is 5. The Balaban J connectivity index is 1.60. The average Bonchev–Trinajstić information content (AvgIpc) is 3.05. The van der Waals surface area contributed by atoms with Gasteiger partial charge in [0.05, 0.1) is 18.3 Å². The lowest BCUT2D eigenvalue weighted by molar-refractivity contribution is 0.0707. The number of amides is 1. The van der Waals surface area contributed by atoms with Crippen LogP contribution in [0.15, 0.2) is 41.3 Å². The van der Waals surface area contributed by atoms with Gasteiger partial charge in [-0.15, -0.1) is 10.2 Å². The molecule has 7 nitrogen and oxygen atoms in total. The van der Waals surface area contributed by atoms with Crippen molar-refractivity contribution in [1.29, 1.82) is 0 Å². The maximum atomic E-state index is 13.2. The number of hydrogen-bond donors (Lipinski definition) is 0. The van der Waals surface area contributed by atoms with Crippen molar-refractivity contribution in [2.45, 2.75) is 13.1 Å². The van der Waals surface area contributed by atoms with E-state index in [-0.39, 0.29) is 5.91 Å². The van der Waals surface area contributed by atoms with Crippen molar-refractivity contribution >= 4 is 21.8 Å². The molecule has 0 fully saturated rings. The molecule has 1 aromatic carbocycles. The minimum absolute atomic E-state index is 0.179. The van der Waals surface area contributed by atoms with Crippen LogP contribution in [0.5, 0.6) is 0 Å². The summed E-state index contributed by atoms with van der Waals surface area (Å²) >= 11 is 3.24. The molecule has 0 radical (unpaired) electrons. The largest absolute Gasteiger partial charge is 0.329 e. The van der Waals surface area contributed by atoms with Crippen molar-refractivity contribution in [2.24, 2.45) is 0 Å². The SMILES string of the molecule is O=C(c1ccc(F)cc1Br)N1CCn2c(nnc2-c2cnccn2)C1. The van der Waals surface area contributed by atoms with Gasteiger partial charge in [0.15, 0.2) is 11.6 Å². The third kappa shape index (κ3) is 2.91. The van der Waals surface area contributed by atoms with Gasteiger partial charge in [0.2, 0.25) is 0 Å². The third-order valence-electron chi connectivity index (χ3n) is 3.99. The molecule has 0 unspecified atom stereocenters. The normalized spacial score (nSPS) is 13.6. The Bertz CT molecular complexity index is 945. The summed E-state index contributed by atoms with van der Waals surface area (Å²) in [6.45, 7) is 1.38. The zero-order valence-electron chi connectivity index (χ0n) is 12.9. The zero-order valence-corrected chi connectivity index (χ0v) is 14.5. The highest BCUT2D eigenvalue weighted by molar-refractivity contribution is 9.10. The highest BCUT2D eigenvalue weighted by atomic mass is 79.9. The van der Waals surface area contributed by atoms with Crippen LogP contribution in [0.2, 0.25) is 0 Å². The van der Waals surface area contributed by atoms with Crippen LogP contribution in [0.1, 0.15) is 16.2 Å². The Labute approximate surface area is 150 Å². The number of benzene rings is 1. The lowest BCUT2D eigenvalue weighted by atomic mass is 10.2. The van der Waals surface area contributed by atoms with E-state index in [1.165, 1.54) is 18.2 Å². The minimum Gasteiger partial charge on any atom is -0.329 e. The van der Waals surface area contributed by atoms with E-state index >= 15 is 0 Å². The monoisotopic (exact) mass is 402 g/mol. The molecule has 9 heteroatoms. The molecule has 0 N–H and O–H groups in total. The predicted molar refractivity (Wildman–Crippen MR) is 89.9 cm³/mol. The number of carbonyl (C=O) groups excluding carboxylic acids is 1. The van der Waals surface area contributed by atoms with E-state index < -0.39 is 5.82 Å². The summed E-state index contributed by atoms with van der Waals surface area (Å²) in [4.78, 5) is 22.7. The maximum absolute atomic E-state index is 13.2. The fourth-order valence-electron chi connectivity index (χ4n) is 2.77. The summed E-state index contributed by atoms with van der Waals surface area (Å²) in [5.74, 6) is 0.745. The third-order valence-corrected chi connectivity index (χ3v) is 4.65. The summed E-state index contributed by atoms with van der Waals surface area (Å²) in [6, 6.07) is 4.04. The fourth-order valence-corrected chi connectivity index (χ4v) is 3.29. The van der Waals surface area contributed by atoms with Crippen LogP contribution < -0.4 is 0 Å². The summed E-state index contributed by atoms with van der Waals surface area (Å²) in [5, 5.41) is 8.35. The fraction of sp³-hybridized carbons (Fsp3) is 0.188. The second kappa shape index (κ2) is 6.32. The molecule has 126 valence electrons. The molecule has 25 heavy (non-hydrogen) atoms. The Kier molecular flexibility index (Phi) is 4.00. The van der Waals surface area contributed by atoms with Gasteiger partial charge >= 0.3 is 0 Å². The van der Waals surface area contributed by atoms with Crippen molar-refractivity contribution < 1.29 is 9.18 Å². The summed E-state index contributed by atoms with van der Waals surface area (Å²) < 4.78 is 15.6. The van der Waals surface area contributed by atoms with Gasteiger partial charge in [-0.25, -0.2) is 9.37 Å². The first-order valence-corrected chi connectivity index (χ1v) is 8.35. The first kappa shape index (κ1) is 15.8. The number of halogens is 2. The molecule has 3 heterocycles. The van der Waals surface area contributed by atoms with Crippen molar-refractivity contribution in [3.05, 3.63) is 58.5 Å². The Hall–Kier alpha value is -2.68. The van der Waals surface area contributed by atoms with E-state index in [9.17, 15) is 9.18 Å². The molecule has 1 aliphatic heterocycles. The molecule has 2 aromatic heterocycles. The Morgan fingerprint density at radius 3 is 2.84 bits per heavy atom. The molecule has 1 amide bonds. The molecule has 0 saturated heterocycles. The van der Waals surface area contributed by atoms with Gasteiger partial charge in [0.1, 0.15) is 11.5 Å². The number of nitrogens with zero attached hydrogens (tertiary/aromatic N) is 6. The molecular weight excluding hydrogens is 391 g/mol. The number of fused-ring (bicyclic) bond motifs is 1. The molecule has 0 atom stereocenters. The minimum atomic E-state index is -0.393. The van der Waals surface area contributed by atoms with Gasteiger partial charge in [-0.2, -0.15) is 0 Å². The van der Waals surface area contributed by atoms with Gasteiger partial charge in [-0.3, -0.25) is 9.78 Å². The predicted octanol–water partition coefficient (Wildman–Crippen LogP) is 2.29. The van der Waals surface area contributed by atoms with E-state index in [0.29, 0.717) is 47.0 Å². The van der Waals surface area contributed by atoms with E-state index in [4.69, 9.17) is 0 Å². The molecule has 0 spiro atoms. The van der Waals surface area contributed by atoms with Crippen LogP contribution in [0, 0.1) is 5.82 Å². The smallest absolute Gasteiger partial charge is 0.255 e. The highest BCUT2D eigenvalue weighted by Gasteiger charge is 2.27. The molecule has 1 aliphatic rings. The number of rotatable bonds is 2. The summed E-state index contributed by atoms with van der Waals surface area (Å²) in [6.07, 6.45) is 4.82. The van der Waals surface area contributed by atoms with Crippen LogP contribution in [0.3, 0.4) is 0 Å². The summed E-state index contributed by atoms with van der Waals surface area (Å²) in [5.41, 5.74) is 1.06. The van der Waals surface area contributed by atoms with Crippen molar-refractivity contribution in [3.8, 4) is 11.5 Å². The van der Waals surface area contributed by atoms with E-state index in [2.05, 4.69) is 36.1 Å². The van der Waals surface area contributed by atoms with Crippen LogP contribution in [-0.4, -0.2) is 42.1 Å². The Morgan fingerprint density at radius 1 is 1.20 bits per heavy atom. The van der Waals surface area contributed by atoms with Gasteiger partial charge < -0.3 is 9.47 Å². The Morgan fingerprint density at radius 2 is 2.08 bits per heavy atom. The molecular formula is C16H12BrFN6O. The first-order chi connectivity index (χ1) is 12.1. The van der Waals surface area contributed by atoms with Crippen molar-refractivity contribution in [2.75, 3.05) is 6.54 Å². The zero-order chi connectivity index (χ0) is 17.4. The molecule has 0 bridgehead atoms. The molecule has 4 rings (SSSR count). The maximum Gasteiger partial charge on any atom is 0.255 e. The van der Waals surface area contributed by atoms with Crippen LogP contribution in [-0.2, 0) is 13.1 Å². The van der Waals surface area contributed by atoms with Gasteiger partial charge in [-0.05, 0) is 34.1 Å². The quantitative estimate of drug-likeness (QED) is 0.657. The van der Waals surface area contributed by atoms with Crippen LogP contribution in [0.4, 0.5) is 4.39 Å². The topological polar surface area (TPSA) is 76.8 Å². The number of aromatic nitrogens is 5. The summed E-state index contributed by atoms with van der Waals surface area (Å²) in [7, 11) is 0. The van der Waals surface area contributed by atoms with Gasteiger partial charge in [0, 0.05) is 30.0 Å². The second-order valence-electron chi connectivity index (χ2n) is 5.53. The van der Waals surface area contributed by atoms with E-state index in [0.717, 1.165) is 0 Å². The lowest BCUT2D eigenvalue weighted by Crippen LogP contribution is -2.38. The van der Waals surface area contributed by atoms with E-state index in [1.54, 1.807) is 23.5 Å². The van der Waals surface area contributed by atoms with Crippen molar-refractivity contribution in [1.82, 2.24) is 29.6 Å². The molecule has 0 saturated carbocycles. The molecule has 0 aliphatic carbocycles. The average molecular weight is 403 g/mol. The molecule has 3 aromatic rings. The van der Waals surface area contributed by atoms with Crippen molar-refractivity contribution in [3.63, 3.8) is 0 Å². The van der Waals surface area contributed by atoms with Gasteiger partial charge in [0.25, 0.3) is 5.91 Å². The van der Waals surface area contributed by atoms with Crippen LogP contribution in [0.25, 0.3) is 11.5 Å².